The fraction of sp³-hybridized carbons (Fsp3) is 0.333. The molecule has 0 radical (unpaired) electrons. The minimum atomic E-state index is 0.148. The van der Waals surface area contributed by atoms with Crippen LogP contribution in [0.15, 0.2) is 4.63 Å². The van der Waals surface area contributed by atoms with E-state index < -0.39 is 0 Å². The van der Waals surface area contributed by atoms with E-state index in [1.54, 1.807) is 0 Å². The summed E-state index contributed by atoms with van der Waals surface area (Å²) in [6, 6.07) is 0. The molecule has 0 aliphatic heterocycles. The number of hydroxylamine groups is 1. The van der Waals surface area contributed by atoms with Gasteiger partial charge in [-0.25, -0.2) is 4.63 Å². The lowest BCUT2D eigenvalue weighted by Crippen LogP contribution is -2.08. The van der Waals surface area contributed by atoms with E-state index in [0.29, 0.717) is 5.69 Å². The van der Waals surface area contributed by atoms with E-state index in [1.807, 2.05) is 5.48 Å². The summed E-state index contributed by atoms with van der Waals surface area (Å²) in [5, 5.41) is 14.8. The van der Waals surface area contributed by atoms with Crippen molar-refractivity contribution in [2.45, 2.75) is 6.54 Å². The third kappa shape index (κ3) is 1.15. The second-order valence-electron chi connectivity index (χ2n) is 1.43. The molecule has 6 nitrogen and oxygen atoms in total. The van der Waals surface area contributed by atoms with E-state index >= 15 is 0 Å². The zero-order valence-corrected chi connectivity index (χ0v) is 4.53. The number of nitrogens with one attached hydrogen (secondary N) is 1. The second kappa shape index (κ2) is 2.42. The lowest BCUT2D eigenvalue weighted by atomic mass is 10.4. The fourth-order valence-corrected chi connectivity index (χ4v) is 0.411. The largest absolute Gasteiger partial charge is 0.379 e. The Balaban J connectivity index is 2.69. The van der Waals surface area contributed by atoms with Crippen LogP contribution in [-0.4, -0.2) is 15.5 Å². The van der Waals surface area contributed by atoms with Crippen molar-refractivity contribution in [3.8, 4) is 0 Å². The van der Waals surface area contributed by atoms with Gasteiger partial charge in [-0.3, -0.25) is 0 Å². The van der Waals surface area contributed by atoms with Gasteiger partial charge < -0.3 is 10.9 Å². The molecule has 0 unspecified atom stereocenters. The molecule has 0 aliphatic carbocycles. The third-order valence-corrected chi connectivity index (χ3v) is 0.832. The molecular formula is C3H6N4O2. The first-order valence-electron chi connectivity index (χ1n) is 2.28. The minimum absolute atomic E-state index is 0.148. The van der Waals surface area contributed by atoms with Crippen molar-refractivity contribution >= 4 is 5.82 Å². The van der Waals surface area contributed by atoms with Gasteiger partial charge in [-0.15, -0.1) is 0 Å². The maximum absolute atomic E-state index is 8.15. The predicted octanol–water partition coefficient (Wildman–Crippen LogP) is -0.869. The summed E-state index contributed by atoms with van der Waals surface area (Å²) in [4.78, 5) is 0. The summed E-state index contributed by atoms with van der Waals surface area (Å²) >= 11 is 0. The SMILES string of the molecule is Nc1nonc1CNO. The molecule has 0 saturated carbocycles. The van der Waals surface area contributed by atoms with E-state index in [1.165, 1.54) is 0 Å². The topological polar surface area (TPSA) is 97.2 Å². The fourth-order valence-electron chi connectivity index (χ4n) is 0.411. The molecule has 50 valence electrons. The zero-order chi connectivity index (χ0) is 6.69. The Hall–Kier alpha value is -1.14. The molecule has 0 saturated heterocycles. The summed E-state index contributed by atoms with van der Waals surface area (Å²) in [5.74, 6) is 0.191. The average molecular weight is 130 g/mol. The number of nitrogens with zero attached hydrogens (tertiary/aromatic N) is 2. The Morgan fingerprint density at radius 2 is 2.44 bits per heavy atom. The van der Waals surface area contributed by atoms with E-state index in [9.17, 15) is 0 Å². The number of nitrogens with two attached hydrogens (primary N) is 1. The van der Waals surface area contributed by atoms with Crippen LogP contribution in [0.3, 0.4) is 0 Å². The Labute approximate surface area is 50.6 Å². The molecule has 0 bridgehead atoms. The van der Waals surface area contributed by atoms with Gasteiger partial charge >= 0.3 is 0 Å². The first kappa shape index (κ1) is 5.99. The van der Waals surface area contributed by atoms with E-state index in [4.69, 9.17) is 10.9 Å². The Morgan fingerprint density at radius 3 is 2.89 bits per heavy atom. The number of nitrogen functional groups attached to an aromatic ring is 1. The predicted molar refractivity (Wildman–Crippen MR) is 27.3 cm³/mol. The van der Waals surface area contributed by atoms with Gasteiger partial charge in [0, 0.05) is 0 Å². The number of hydrogen-bond acceptors (Lipinski definition) is 6. The van der Waals surface area contributed by atoms with Crippen molar-refractivity contribution in [1.29, 1.82) is 0 Å². The molecule has 1 heterocycles. The smallest absolute Gasteiger partial charge is 0.192 e. The van der Waals surface area contributed by atoms with Crippen LogP contribution in [0.5, 0.6) is 0 Å². The monoisotopic (exact) mass is 130 g/mol. The highest BCUT2D eigenvalue weighted by Gasteiger charge is 2.02. The molecular weight excluding hydrogens is 124 g/mol. The van der Waals surface area contributed by atoms with E-state index in [-0.39, 0.29) is 12.4 Å². The standard InChI is InChI=1S/C3H6N4O2/c4-3-2(1-5-8)6-9-7-3/h5,8H,1H2,(H2,4,7). The normalized spacial score (nSPS) is 9.89. The second-order valence-corrected chi connectivity index (χ2v) is 1.43. The lowest BCUT2D eigenvalue weighted by molar-refractivity contribution is 0.158. The van der Waals surface area contributed by atoms with Crippen LogP contribution >= 0.6 is 0 Å². The highest BCUT2D eigenvalue weighted by molar-refractivity contribution is 5.30. The van der Waals surface area contributed by atoms with Crippen molar-refractivity contribution in [3.63, 3.8) is 0 Å². The van der Waals surface area contributed by atoms with Crippen LogP contribution < -0.4 is 11.2 Å². The molecule has 6 heteroatoms. The van der Waals surface area contributed by atoms with Crippen LogP contribution in [-0.2, 0) is 6.54 Å². The van der Waals surface area contributed by atoms with Gasteiger partial charge in [-0.2, -0.15) is 5.48 Å². The summed E-state index contributed by atoms with van der Waals surface area (Å²) < 4.78 is 4.22. The first-order valence-corrected chi connectivity index (χ1v) is 2.28. The highest BCUT2D eigenvalue weighted by atomic mass is 16.6. The van der Waals surface area contributed by atoms with Crippen molar-refractivity contribution in [3.05, 3.63) is 5.69 Å². The Bertz CT molecular complexity index is 186. The first-order chi connectivity index (χ1) is 4.34. The molecule has 0 aromatic carbocycles. The van der Waals surface area contributed by atoms with Crippen molar-refractivity contribution in [2.75, 3.05) is 5.73 Å². The Kier molecular flexibility index (Phi) is 1.61. The van der Waals surface area contributed by atoms with Gasteiger partial charge in [0.25, 0.3) is 0 Å². The highest BCUT2D eigenvalue weighted by Crippen LogP contribution is 2.01. The van der Waals surface area contributed by atoms with E-state index in [2.05, 4.69) is 14.9 Å². The van der Waals surface area contributed by atoms with Crippen LogP contribution in [0, 0.1) is 0 Å². The summed E-state index contributed by atoms with van der Waals surface area (Å²) in [5.41, 5.74) is 7.48. The maximum Gasteiger partial charge on any atom is 0.192 e. The molecule has 4 N–H and O–H groups in total. The van der Waals surface area contributed by atoms with E-state index in [0.717, 1.165) is 0 Å². The van der Waals surface area contributed by atoms with Gasteiger partial charge in [0.2, 0.25) is 0 Å². The van der Waals surface area contributed by atoms with Gasteiger partial charge in [0.1, 0.15) is 5.69 Å². The molecule has 1 rings (SSSR count). The van der Waals surface area contributed by atoms with Crippen molar-refractivity contribution < 1.29 is 9.84 Å². The number of hydrogen-bond donors (Lipinski definition) is 3. The quantitative estimate of drug-likeness (QED) is 0.450. The maximum atomic E-state index is 8.15. The molecule has 0 atom stereocenters. The average Bonchev–Trinajstić information content (AvgIpc) is 2.18. The van der Waals surface area contributed by atoms with Crippen molar-refractivity contribution in [1.82, 2.24) is 15.8 Å². The Morgan fingerprint density at radius 1 is 1.67 bits per heavy atom. The molecule has 0 aliphatic rings. The van der Waals surface area contributed by atoms with Crippen molar-refractivity contribution in [2.24, 2.45) is 0 Å². The lowest BCUT2D eigenvalue weighted by Gasteiger charge is -1.88. The molecule has 0 fully saturated rings. The van der Waals surface area contributed by atoms with Gasteiger partial charge in [0.05, 0.1) is 6.54 Å². The summed E-state index contributed by atoms with van der Waals surface area (Å²) in [7, 11) is 0. The van der Waals surface area contributed by atoms with Crippen LogP contribution in [0.2, 0.25) is 0 Å². The molecule has 9 heavy (non-hydrogen) atoms. The van der Waals surface area contributed by atoms with Gasteiger partial charge in [-0.1, -0.05) is 5.16 Å². The van der Waals surface area contributed by atoms with Gasteiger partial charge in [-0.05, 0) is 5.16 Å². The van der Waals surface area contributed by atoms with Gasteiger partial charge in [0.15, 0.2) is 5.82 Å². The molecule has 1 aromatic rings. The van der Waals surface area contributed by atoms with Crippen LogP contribution in [0.25, 0.3) is 0 Å². The molecule has 0 spiro atoms. The molecule has 1 aromatic heterocycles. The number of rotatable bonds is 2. The molecule has 0 amide bonds. The number of anilines is 1. The van der Waals surface area contributed by atoms with Crippen LogP contribution in [0.4, 0.5) is 5.82 Å². The summed E-state index contributed by atoms with van der Waals surface area (Å²) in [6.07, 6.45) is 0. The minimum Gasteiger partial charge on any atom is -0.379 e. The number of aromatic nitrogens is 2. The third-order valence-electron chi connectivity index (χ3n) is 0.832. The summed E-state index contributed by atoms with van der Waals surface area (Å²) in [6.45, 7) is 0.148. The van der Waals surface area contributed by atoms with Crippen LogP contribution in [0.1, 0.15) is 5.69 Å². The zero-order valence-electron chi connectivity index (χ0n) is 4.53.